The Hall–Kier alpha value is -0.613. The van der Waals surface area contributed by atoms with Crippen LogP contribution in [0.1, 0.15) is 13.3 Å². The van der Waals surface area contributed by atoms with Gasteiger partial charge in [-0.25, -0.2) is 4.79 Å². The SMILES string of the molecule is C=C(CC)C(=O)O[Si](C)(C)O. The van der Waals surface area contributed by atoms with Gasteiger partial charge in [-0.1, -0.05) is 13.5 Å². The van der Waals surface area contributed by atoms with Crippen molar-refractivity contribution in [2.45, 2.75) is 26.4 Å². The predicted octanol–water partition coefficient (Wildman–Crippen LogP) is 1.19. The summed E-state index contributed by atoms with van der Waals surface area (Å²) < 4.78 is 4.75. The first-order chi connectivity index (χ1) is 4.87. The Bertz CT molecular complexity index is 169. The maximum absolute atomic E-state index is 10.9. The fourth-order valence-electron chi connectivity index (χ4n) is 0.443. The van der Waals surface area contributed by atoms with Crippen molar-refractivity contribution in [1.82, 2.24) is 0 Å². The molecule has 0 bridgehead atoms. The Labute approximate surface area is 67.9 Å². The molecule has 0 aliphatic carbocycles. The van der Waals surface area contributed by atoms with Crippen molar-refractivity contribution in [3.8, 4) is 0 Å². The summed E-state index contributed by atoms with van der Waals surface area (Å²) in [6, 6.07) is 0. The van der Waals surface area contributed by atoms with Gasteiger partial charge in [0.05, 0.1) is 0 Å². The van der Waals surface area contributed by atoms with E-state index in [1.807, 2.05) is 6.92 Å². The molecule has 0 saturated heterocycles. The van der Waals surface area contributed by atoms with Crippen LogP contribution in [0.3, 0.4) is 0 Å². The van der Waals surface area contributed by atoms with Crippen LogP contribution in [0.5, 0.6) is 0 Å². The largest absolute Gasteiger partial charge is 0.491 e. The minimum atomic E-state index is -2.71. The van der Waals surface area contributed by atoms with E-state index in [2.05, 4.69) is 6.58 Å². The number of hydrogen-bond donors (Lipinski definition) is 1. The maximum Gasteiger partial charge on any atom is 0.392 e. The highest BCUT2D eigenvalue weighted by molar-refractivity contribution is 6.65. The lowest BCUT2D eigenvalue weighted by molar-refractivity contribution is -0.132. The van der Waals surface area contributed by atoms with Crippen molar-refractivity contribution < 1.29 is 14.0 Å². The number of rotatable bonds is 3. The van der Waals surface area contributed by atoms with Crippen LogP contribution >= 0.6 is 0 Å². The highest BCUT2D eigenvalue weighted by atomic mass is 28.4. The zero-order valence-corrected chi connectivity index (χ0v) is 8.18. The molecule has 0 atom stereocenters. The van der Waals surface area contributed by atoms with E-state index in [0.29, 0.717) is 12.0 Å². The lowest BCUT2D eigenvalue weighted by Crippen LogP contribution is -2.33. The minimum absolute atomic E-state index is 0.402. The Morgan fingerprint density at radius 2 is 2.09 bits per heavy atom. The molecule has 11 heavy (non-hydrogen) atoms. The van der Waals surface area contributed by atoms with E-state index in [1.165, 1.54) is 13.1 Å². The first kappa shape index (κ1) is 10.4. The second-order valence-electron chi connectivity index (χ2n) is 2.79. The van der Waals surface area contributed by atoms with Crippen LogP contribution in [-0.4, -0.2) is 19.3 Å². The average Bonchev–Trinajstić information content (AvgIpc) is 1.82. The van der Waals surface area contributed by atoms with Crippen LogP contribution in [0.2, 0.25) is 13.1 Å². The molecule has 0 aromatic heterocycles. The third kappa shape index (κ3) is 4.75. The topological polar surface area (TPSA) is 46.5 Å². The summed E-state index contributed by atoms with van der Waals surface area (Å²) in [4.78, 5) is 20.1. The van der Waals surface area contributed by atoms with E-state index >= 15 is 0 Å². The maximum atomic E-state index is 10.9. The third-order valence-corrected chi connectivity index (χ3v) is 1.74. The van der Waals surface area contributed by atoms with Gasteiger partial charge in [-0.15, -0.1) is 0 Å². The van der Waals surface area contributed by atoms with Gasteiger partial charge in [-0.05, 0) is 19.5 Å². The second kappa shape index (κ2) is 3.68. The highest BCUT2D eigenvalue weighted by Crippen LogP contribution is 2.05. The Morgan fingerprint density at radius 1 is 1.64 bits per heavy atom. The van der Waals surface area contributed by atoms with Gasteiger partial charge < -0.3 is 9.22 Å². The Kier molecular flexibility index (Phi) is 3.48. The molecule has 0 radical (unpaired) electrons. The lowest BCUT2D eigenvalue weighted by Gasteiger charge is -2.15. The van der Waals surface area contributed by atoms with Crippen LogP contribution in [0.15, 0.2) is 12.2 Å². The molecule has 0 aliphatic rings. The number of hydrogen-bond acceptors (Lipinski definition) is 3. The van der Waals surface area contributed by atoms with E-state index in [-0.39, 0.29) is 0 Å². The molecule has 0 amide bonds. The molecule has 64 valence electrons. The van der Waals surface area contributed by atoms with Crippen LogP contribution in [0.25, 0.3) is 0 Å². The van der Waals surface area contributed by atoms with Gasteiger partial charge in [0, 0.05) is 5.57 Å². The van der Waals surface area contributed by atoms with Crippen molar-refractivity contribution in [3.63, 3.8) is 0 Å². The Morgan fingerprint density at radius 3 is 2.36 bits per heavy atom. The van der Waals surface area contributed by atoms with Gasteiger partial charge in [0.15, 0.2) is 0 Å². The van der Waals surface area contributed by atoms with Gasteiger partial charge in [-0.2, -0.15) is 0 Å². The minimum Gasteiger partial charge on any atom is -0.491 e. The third-order valence-electron chi connectivity index (χ3n) is 1.06. The zero-order chi connectivity index (χ0) is 9.07. The standard InChI is InChI=1S/C7H14O3Si/c1-5-6(2)7(8)10-11(3,4)9/h9H,2,5H2,1,3-4H3. The molecule has 0 saturated carbocycles. The van der Waals surface area contributed by atoms with Crippen molar-refractivity contribution >= 4 is 14.5 Å². The fourth-order valence-corrected chi connectivity index (χ4v) is 1.04. The first-order valence-electron chi connectivity index (χ1n) is 3.50. The first-order valence-corrected chi connectivity index (χ1v) is 6.36. The van der Waals surface area contributed by atoms with Crippen molar-refractivity contribution in [2.24, 2.45) is 0 Å². The lowest BCUT2D eigenvalue weighted by atomic mass is 10.2. The monoisotopic (exact) mass is 174 g/mol. The van der Waals surface area contributed by atoms with Crippen LogP contribution in [0, 0.1) is 0 Å². The molecule has 0 rings (SSSR count). The molecule has 0 aliphatic heterocycles. The summed E-state index contributed by atoms with van der Waals surface area (Å²) in [5, 5.41) is 0. The molecule has 3 nitrogen and oxygen atoms in total. The van der Waals surface area contributed by atoms with Crippen molar-refractivity contribution in [3.05, 3.63) is 12.2 Å². The average molecular weight is 174 g/mol. The smallest absolute Gasteiger partial charge is 0.392 e. The van der Waals surface area contributed by atoms with E-state index in [1.54, 1.807) is 0 Å². The van der Waals surface area contributed by atoms with Gasteiger partial charge >= 0.3 is 14.5 Å². The fraction of sp³-hybridized carbons (Fsp3) is 0.571. The van der Waals surface area contributed by atoms with Crippen LogP contribution < -0.4 is 0 Å². The summed E-state index contributed by atoms with van der Waals surface area (Å²) in [5.41, 5.74) is 0.402. The molecule has 0 unspecified atom stereocenters. The van der Waals surface area contributed by atoms with Crippen LogP contribution in [0.4, 0.5) is 0 Å². The zero-order valence-electron chi connectivity index (χ0n) is 7.18. The molecule has 0 fully saturated rings. The summed E-state index contributed by atoms with van der Waals surface area (Å²) >= 11 is 0. The van der Waals surface area contributed by atoms with E-state index in [9.17, 15) is 9.59 Å². The molecule has 0 aromatic carbocycles. The van der Waals surface area contributed by atoms with Gasteiger partial charge in [0.1, 0.15) is 0 Å². The second-order valence-corrected chi connectivity index (χ2v) is 5.89. The summed E-state index contributed by atoms with van der Waals surface area (Å²) in [6.45, 7) is 8.38. The quantitative estimate of drug-likeness (QED) is 0.516. The van der Waals surface area contributed by atoms with Crippen molar-refractivity contribution in [1.29, 1.82) is 0 Å². The van der Waals surface area contributed by atoms with Gasteiger partial charge in [0.25, 0.3) is 0 Å². The van der Waals surface area contributed by atoms with E-state index in [4.69, 9.17) is 4.43 Å². The normalized spacial score (nSPS) is 10.9. The number of carbonyl (C=O) groups excluding carboxylic acids is 1. The summed E-state index contributed by atoms with van der Waals surface area (Å²) in [7, 11) is -2.71. The molecular weight excluding hydrogens is 160 g/mol. The Balaban J connectivity index is 3.99. The predicted molar refractivity (Wildman–Crippen MR) is 45.2 cm³/mol. The van der Waals surface area contributed by atoms with Crippen molar-refractivity contribution in [2.75, 3.05) is 0 Å². The summed E-state index contributed by atoms with van der Waals surface area (Å²) in [5.74, 6) is -0.480. The molecule has 0 aromatic rings. The van der Waals surface area contributed by atoms with Gasteiger partial charge in [-0.3, -0.25) is 0 Å². The molecule has 4 heteroatoms. The van der Waals surface area contributed by atoms with Gasteiger partial charge in [0.2, 0.25) is 0 Å². The molecule has 0 spiro atoms. The molecule has 0 heterocycles. The molecular formula is C7H14O3Si. The van der Waals surface area contributed by atoms with Crippen LogP contribution in [-0.2, 0) is 9.22 Å². The highest BCUT2D eigenvalue weighted by Gasteiger charge is 2.24. The summed E-state index contributed by atoms with van der Waals surface area (Å²) in [6.07, 6.45) is 0.559. The van der Waals surface area contributed by atoms with E-state index in [0.717, 1.165) is 0 Å². The van der Waals surface area contributed by atoms with E-state index < -0.39 is 14.5 Å². The molecule has 1 N–H and O–H groups in total. The number of carbonyl (C=O) groups is 1.